The van der Waals surface area contributed by atoms with Gasteiger partial charge in [0.1, 0.15) is 6.79 Å². The Bertz CT molecular complexity index is 1240. The van der Waals surface area contributed by atoms with Gasteiger partial charge in [0.05, 0.1) is 23.9 Å². The van der Waals surface area contributed by atoms with Crippen molar-refractivity contribution in [2.45, 2.75) is 13.3 Å². The number of aromatic nitrogens is 1. The maximum absolute atomic E-state index is 15.4. The summed E-state index contributed by atoms with van der Waals surface area (Å²) in [7, 11) is 3.35. The van der Waals surface area contributed by atoms with E-state index in [1.165, 1.54) is 12.6 Å². The minimum absolute atomic E-state index is 0.250. The zero-order valence-corrected chi connectivity index (χ0v) is 24.4. The number of benzene rings is 2. The van der Waals surface area contributed by atoms with Crippen LogP contribution in [0.1, 0.15) is 16.7 Å². The van der Waals surface area contributed by atoms with E-state index in [0.29, 0.717) is 28.9 Å². The molecule has 1 aromatic heterocycles. The Hall–Kier alpha value is -4.48. The van der Waals surface area contributed by atoms with Gasteiger partial charge in [0, 0.05) is 56.9 Å². The molecule has 0 saturated heterocycles. The average Bonchev–Trinajstić information content (AvgIpc) is 3.48. The Labute approximate surface area is 246 Å². The molecule has 2 aromatic carbocycles. The van der Waals surface area contributed by atoms with Crippen molar-refractivity contribution in [1.29, 1.82) is 0 Å². The lowest BCUT2D eigenvalue weighted by Gasteiger charge is -2.28. The van der Waals surface area contributed by atoms with Crippen molar-refractivity contribution >= 4 is 30.3 Å². The number of aryl methyl sites for hydroxylation is 1. The number of carboxylic acid groups (broad SMARTS) is 1. The first-order valence-corrected chi connectivity index (χ1v) is 13.6. The lowest BCUT2D eigenvalue weighted by Crippen LogP contribution is -2.36. The van der Waals surface area contributed by atoms with Gasteiger partial charge in [0.15, 0.2) is 0 Å². The van der Waals surface area contributed by atoms with Crippen LogP contribution in [0.25, 0.3) is 5.70 Å². The van der Waals surface area contributed by atoms with E-state index in [1.807, 2.05) is 63.2 Å². The monoisotopic (exact) mass is 580 g/mol. The Morgan fingerprint density at radius 2 is 1.93 bits per heavy atom. The van der Waals surface area contributed by atoms with Gasteiger partial charge in [-0.05, 0) is 49.2 Å². The van der Waals surface area contributed by atoms with Crippen LogP contribution in [0.4, 0.5) is 15.9 Å². The van der Waals surface area contributed by atoms with Crippen LogP contribution in [0.3, 0.4) is 0 Å². The molecule has 0 radical (unpaired) electrons. The van der Waals surface area contributed by atoms with Gasteiger partial charge in [-0.2, -0.15) is 0 Å². The van der Waals surface area contributed by atoms with Crippen molar-refractivity contribution < 1.29 is 23.9 Å². The number of likely N-dealkylation sites (N-methyl/N-ethyl adjacent to an activating group) is 1. The molecule has 42 heavy (non-hydrogen) atoms. The van der Waals surface area contributed by atoms with E-state index in [9.17, 15) is 0 Å². The summed E-state index contributed by atoms with van der Waals surface area (Å²) in [5, 5.41) is 21.1. The molecule has 0 saturated carbocycles. The Morgan fingerprint density at radius 3 is 2.57 bits per heavy atom. The summed E-state index contributed by atoms with van der Waals surface area (Å²) in [5.41, 5.74) is 6.46. The molecule has 1 atom stereocenters. The van der Waals surface area contributed by atoms with Crippen LogP contribution >= 0.6 is 0 Å². The van der Waals surface area contributed by atoms with E-state index in [4.69, 9.17) is 19.4 Å². The van der Waals surface area contributed by atoms with Gasteiger partial charge in [0.25, 0.3) is 6.47 Å². The fraction of sp³-hybridized carbons (Fsp3) is 0.323. The van der Waals surface area contributed by atoms with Gasteiger partial charge in [-0.3, -0.25) is 4.79 Å². The van der Waals surface area contributed by atoms with Gasteiger partial charge in [-0.1, -0.05) is 42.5 Å². The molecule has 0 amide bonds. The molecular weight excluding hydrogens is 539 g/mol. The standard InChI is InChI=1S/C29H37FN6O.CH2O2.CH2O/c1-21-9-12-27(34-18-21)37-20-24(19-32-16-15-31-2)29(36(3)30)28(23-7-5-4-6-8-23)35-25-11-10-22-13-14-33-26(22)17-25;2-1-3;1-2/h4-12,17-18,24,31-33,35H,13-16,19-20H2,1-3H3;1H,(H,2,3);1H2/b29-28-;;. The number of nitrogens with zero attached hydrogens (tertiary/aromatic N) is 2. The normalized spacial score (nSPS) is 12.6. The van der Waals surface area contributed by atoms with Gasteiger partial charge < -0.3 is 35.9 Å². The van der Waals surface area contributed by atoms with E-state index < -0.39 is 0 Å². The molecule has 1 aliphatic rings. The fourth-order valence-corrected chi connectivity index (χ4v) is 4.46. The van der Waals surface area contributed by atoms with Gasteiger partial charge in [-0.25, -0.2) is 10.1 Å². The minimum Gasteiger partial charge on any atom is -0.483 e. The SMILES string of the molecule is C=O.CNCCNCC(COc1ccc(C)cn1)/C(=C(/Nc1ccc2c(c1)NCC2)c1ccccc1)N(C)F.O=CO. The van der Waals surface area contributed by atoms with Crippen LogP contribution in [-0.2, 0) is 16.0 Å². The molecule has 0 spiro atoms. The Kier molecular flexibility index (Phi) is 15.1. The van der Waals surface area contributed by atoms with E-state index in [0.717, 1.165) is 48.6 Å². The van der Waals surface area contributed by atoms with Crippen LogP contribution in [0, 0.1) is 12.8 Å². The second-order valence-electron chi connectivity index (χ2n) is 9.37. The summed E-state index contributed by atoms with van der Waals surface area (Å²) in [5.74, 6) is 0.218. The molecule has 1 unspecified atom stereocenters. The van der Waals surface area contributed by atoms with Crippen molar-refractivity contribution in [2.24, 2.45) is 5.92 Å². The predicted molar refractivity (Wildman–Crippen MR) is 165 cm³/mol. The van der Waals surface area contributed by atoms with Crippen LogP contribution in [0.2, 0.25) is 0 Å². The average molecular weight is 581 g/mol. The van der Waals surface area contributed by atoms with Crippen molar-refractivity contribution in [3.8, 4) is 5.88 Å². The number of carbonyl (C=O) groups is 2. The summed E-state index contributed by atoms with van der Waals surface area (Å²) in [4.78, 5) is 20.7. The molecule has 0 fully saturated rings. The third-order valence-electron chi connectivity index (χ3n) is 6.39. The van der Waals surface area contributed by atoms with E-state index >= 15 is 4.48 Å². The number of nitrogens with one attached hydrogen (secondary N) is 4. The maximum atomic E-state index is 15.4. The largest absolute Gasteiger partial charge is 0.483 e. The number of carbonyl (C=O) groups excluding carboxylic acids is 1. The smallest absolute Gasteiger partial charge is 0.290 e. The van der Waals surface area contributed by atoms with Crippen LogP contribution in [0.5, 0.6) is 5.88 Å². The van der Waals surface area contributed by atoms with Crippen molar-refractivity contribution in [1.82, 2.24) is 20.7 Å². The highest BCUT2D eigenvalue weighted by Crippen LogP contribution is 2.32. The molecule has 1 aliphatic heterocycles. The molecule has 4 rings (SSSR count). The van der Waals surface area contributed by atoms with Gasteiger partial charge in [-0.15, -0.1) is 4.48 Å². The predicted octanol–water partition coefficient (Wildman–Crippen LogP) is 3.98. The number of ether oxygens (including phenoxy) is 1. The lowest BCUT2D eigenvalue weighted by molar-refractivity contribution is -0.122. The molecule has 10 nitrogen and oxygen atoms in total. The highest BCUT2D eigenvalue weighted by atomic mass is 19.2. The number of pyridine rings is 1. The Morgan fingerprint density at radius 1 is 1.19 bits per heavy atom. The van der Waals surface area contributed by atoms with Crippen LogP contribution in [-0.4, -0.2) is 75.4 Å². The van der Waals surface area contributed by atoms with Crippen LogP contribution in [0.15, 0.2) is 72.6 Å². The second-order valence-corrected chi connectivity index (χ2v) is 9.37. The highest BCUT2D eigenvalue weighted by molar-refractivity contribution is 5.80. The topological polar surface area (TPSA) is 128 Å². The first-order valence-electron chi connectivity index (χ1n) is 13.6. The van der Waals surface area contributed by atoms with Crippen molar-refractivity contribution in [2.75, 3.05) is 57.5 Å². The summed E-state index contributed by atoms with van der Waals surface area (Å²) < 4.78 is 21.5. The van der Waals surface area contributed by atoms with E-state index in [1.54, 1.807) is 6.20 Å². The maximum Gasteiger partial charge on any atom is 0.290 e. The minimum atomic E-state index is -0.301. The first-order chi connectivity index (χ1) is 20.5. The lowest BCUT2D eigenvalue weighted by atomic mass is 9.99. The summed E-state index contributed by atoms with van der Waals surface area (Å²) in [6.45, 7) is 7.02. The van der Waals surface area contributed by atoms with Gasteiger partial charge in [0.2, 0.25) is 5.88 Å². The number of anilines is 2. The Balaban J connectivity index is 0.00000116. The second kappa shape index (κ2) is 18.8. The van der Waals surface area contributed by atoms with Gasteiger partial charge >= 0.3 is 0 Å². The number of hydrogen-bond acceptors (Lipinski definition) is 9. The molecule has 3 aromatic rings. The molecule has 2 heterocycles. The quantitative estimate of drug-likeness (QED) is 0.115. The molecule has 5 N–H and O–H groups in total. The molecule has 0 aliphatic carbocycles. The third kappa shape index (κ3) is 10.5. The van der Waals surface area contributed by atoms with E-state index in [-0.39, 0.29) is 19.0 Å². The number of fused-ring (bicyclic) bond motifs is 1. The number of hydrogen-bond donors (Lipinski definition) is 5. The van der Waals surface area contributed by atoms with E-state index in [2.05, 4.69) is 44.5 Å². The summed E-state index contributed by atoms with van der Waals surface area (Å²) in [6.07, 6.45) is 2.78. The summed E-state index contributed by atoms with van der Waals surface area (Å²) in [6, 6.07) is 19.9. The zero-order valence-electron chi connectivity index (χ0n) is 24.4. The molecule has 0 bridgehead atoms. The molecular formula is C31H41FN6O4. The number of halogens is 1. The fourth-order valence-electron chi connectivity index (χ4n) is 4.46. The zero-order chi connectivity index (χ0) is 30.7. The summed E-state index contributed by atoms with van der Waals surface area (Å²) >= 11 is 0. The molecule has 226 valence electrons. The first kappa shape index (κ1) is 33.7. The van der Waals surface area contributed by atoms with Crippen LogP contribution < -0.4 is 26.0 Å². The number of rotatable bonds is 13. The highest BCUT2D eigenvalue weighted by Gasteiger charge is 2.25. The van der Waals surface area contributed by atoms with Crippen molar-refractivity contribution in [3.63, 3.8) is 0 Å². The van der Waals surface area contributed by atoms with Crippen molar-refractivity contribution in [3.05, 3.63) is 89.2 Å². The third-order valence-corrected chi connectivity index (χ3v) is 6.39. The molecule has 11 heteroatoms.